The maximum Gasteiger partial charge on any atom is 0.266 e. The van der Waals surface area contributed by atoms with E-state index < -0.39 is 21.5 Å². The number of nitrogen functional groups attached to an aromatic ring is 1. The highest BCUT2D eigenvalue weighted by molar-refractivity contribution is 7.93. The van der Waals surface area contributed by atoms with Crippen LogP contribution in [0.15, 0.2) is 47.4 Å². The molecule has 0 saturated carbocycles. The number of aromatic hydroxyl groups is 1. The average molecular weight is 296 g/mol. The normalized spacial score (nSPS) is 11.3. The first-order valence-electron chi connectivity index (χ1n) is 5.66. The van der Waals surface area contributed by atoms with E-state index in [0.717, 1.165) is 10.4 Å². The van der Waals surface area contributed by atoms with Crippen LogP contribution in [-0.2, 0) is 10.0 Å². The number of nitrogens with two attached hydrogens (primary N) is 1. The van der Waals surface area contributed by atoms with Crippen LogP contribution in [0.4, 0.5) is 15.8 Å². The first kappa shape index (κ1) is 14.1. The van der Waals surface area contributed by atoms with E-state index in [-0.39, 0.29) is 10.6 Å². The zero-order valence-electron chi connectivity index (χ0n) is 10.6. The molecule has 0 fully saturated rings. The number of anilines is 2. The van der Waals surface area contributed by atoms with Crippen molar-refractivity contribution in [2.24, 2.45) is 0 Å². The van der Waals surface area contributed by atoms with Crippen molar-refractivity contribution < 1.29 is 17.9 Å². The summed E-state index contributed by atoms with van der Waals surface area (Å²) in [5, 5.41) is 9.20. The Hall–Kier alpha value is -2.28. The second kappa shape index (κ2) is 5.01. The minimum atomic E-state index is -3.97. The highest BCUT2D eigenvalue weighted by Gasteiger charge is 2.25. The van der Waals surface area contributed by atoms with Gasteiger partial charge in [0.2, 0.25) is 0 Å². The van der Waals surface area contributed by atoms with E-state index >= 15 is 0 Å². The molecule has 5 nitrogen and oxygen atoms in total. The molecule has 0 radical (unpaired) electrons. The molecule has 106 valence electrons. The topological polar surface area (TPSA) is 83.6 Å². The molecule has 0 amide bonds. The van der Waals surface area contributed by atoms with Crippen LogP contribution in [0.2, 0.25) is 0 Å². The fourth-order valence-corrected chi connectivity index (χ4v) is 3.01. The molecule has 2 aromatic carbocycles. The summed E-state index contributed by atoms with van der Waals surface area (Å²) >= 11 is 0. The summed E-state index contributed by atoms with van der Waals surface area (Å²) in [6.07, 6.45) is 0. The van der Waals surface area contributed by atoms with Gasteiger partial charge in [-0.25, -0.2) is 12.8 Å². The molecular weight excluding hydrogens is 283 g/mol. The first-order chi connectivity index (χ1) is 9.34. The molecule has 2 aromatic rings. The van der Waals surface area contributed by atoms with Crippen LogP contribution < -0.4 is 10.0 Å². The van der Waals surface area contributed by atoms with Crippen molar-refractivity contribution in [3.63, 3.8) is 0 Å². The van der Waals surface area contributed by atoms with E-state index in [0.29, 0.717) is 5.69 Å². The third kappa shape index (κ3) is 2.39. The van der Waals surface area contributed by atoms with Crippen LogP contribution in [0.3, 0.4) is 0 Å². The highest BCUT2D eigenvalue weighted by Crippen LogP contribution is 2.28. The van der Waals surface area contributed by atoms with Crippen molar-refractivity contribution in [2.45, 2.75) is 4.90 Å². The Balaban J connectivity index is 2.49. The quantitative estimate of drug-likeness (QED) is 0.848. The molecule has 0 saturated heterocycles. The van der Waals surface area contributed by atoms with Crippen LogP contribution in [0, 0.1) is 5.82 Å². The SMILES string of the molecule is CN(c1ccc(O)cc1)S(=O)(=O)c1cccc(F)c1N. The molecule has 0 unspecified atom stereocenters. The molecule has 0 aliphatic rings. The maximum absolute atomic E-state index is 13.4. The van der Waals surface area contributed by atoms with Gasteiger partial charge in [0.1, 0.15) is 16.5 Å². The lowest BCUT2D eigenvalue weighted by atomic mass is 10.3. The monoisotopic (exact) mass is 296 g/mol. The van der Waals surface area contributed by atoms with Gasteiger partial charge >= 0.3 is 0 Å². The molecule has 7 heteroatoms. The summed E-state index contributed by atoms with van der Waals surface area (Å²) in [7, 11) is -2.65. The standard InChI is InChI=1S/C13H13FN2O3S/c1-16(9-5-7-10(17)8-6-9)20(18,19)12-4-2-3-11(14)13(12)15/h2-8,17H,15H2,1H3. The van der Waals surface area contributed by atoms with Crippen LogP contribution in [0.5, 0.6) is 5.75 Å². The molecule has 0 spiro atoms. The van der Waals surface area contributed by atoms with E-state index in [2.05, 4.69) is 0 Å². The second-order valence-electron chi connectivity index (χ2n) is 4.14. The molecule has 0 bridgehead atoms. The van der Waals surface area contributed by atoms with Crippen molar-refractivity contribution in [3.8, 4) is 5.75 Å². The minimum Gasteiger partial charge on any atom is -0.508 e. The smallest absolute Gasteiger partial charge is 0.266 e. The molecule has 3 N–H and O–H groups in total. The lowest BCUT2D eigenvalue weighted by Gasteiger charge is -2.20. The summed E-state index contributed by atoms with van der Waals surface area (Å²) in [4.78, 5) is -0.298. The molecule has 20 heavy (non-hydrogen) atoms. The maximum atomic E-state index is 13.4. The summed E-state index contributed by atoms with van der Waals surface area (Å²) in [5.74, 6) is -0.769. The molecule has 0 aliphatic carbocycles. The Labute approximate surface area is 116 Å². The first-order valence-corrected chi connectivity index (χ1v) is 7.10. The number of hydrogen-bond donors (Lipinski definition) is 2. The molecule has 0 aliphatic heterocycles. The Bertz CT molecular complexity index is 730. The fourth-order valence-electron chi connectivity index (χ4n) is 1.69. The second-order valence-corrected chi connectivity index (χ2v) is 6.08. The Kier molecular flexibility index (Phi) is 3.54. The van der Waals surface area contributed by atoms with Gasteiger partial charge in [-0.2, -0.15) is 0 Å². The minimum absolute atomic E-state index is 0.0183. The Morgan fingerprint density at radius 3 is 2.35 bits per heavy atom. The van der Waals surface area contributed by atoms with Crippen LogP contribution in [0.25, 0.3) is 0 Å². The van der Waals surface area contributed by atoms with Gasteiger partial charge in [0.25, 0.3) is 10.0 Å². The third-order valence-corrected chi connectivity index (χ3v) is 4.71. The van der Waals surface area contributed by atoms with Crippen molar-refractivity contribution >= 4 is 21.4 Å². The van der Waals surface area contributed by atoms with Gasteiger partial charge in [-0.3, -0.25) is 4.31 Å². The summed E-state index contributed by atoms with van der Waals surface area (Å²) < 4.78 is 39.2. The fraction of sp³-hybridized carbons (Fsp3) is 0.0769. The number of hydrogen-bond acceptors (Lipinski definition) is 4. The van der Waals surface area contributed by atoms with Gasteiger partial charge in [-0.05, 0) is 36.4 Å². The van der Waals surface area contributed by atoms with E-state index in [4.69, 9.17) is 5.73 Å². The van der Waals surface area contributed by atoms with Gasteiger partial charge in [-0.15, -0.1) is 0 Å². The zero-order valence-corrected chi connectivity index (χ0v) is 11.4. The lowest BCUT2D eigenvalue weighted by molar-refractivity contribution is 0.475. The number of sulfonamides is 1. The van der Waals surface area contributed by atoms with Crippen molar-refractivity contribution in [1.82, 2.24) is 0 Å². The van der Waals surface area contributed by atoms with Crippen LogP contribution in [0.1, 0.15) is 0 Å². The number of nitrogens with zero attached hydrogens (tertiary/aromatic N) is 1. The molecule has 0 aromatic heterocycles. The lowest BCUT2D eigenvalue weighted by Crippen LogP contribution is -2.27. The van der Waals surface area contributed by atoms with Gasteiger partial charge < -0.3 is 10.8 Å². The number of rotatable bonds is 3. The molecule has 0 atom stereocenters. The summed E-state index contributed by atoms with van der Waals surface area (Å²) in [6.45, 7) is 0. The van der Waals surface area contributed by atoms with E-state index in [1.54, 1.807) is 0 Å². The predicted molar refractivity (Wildman–Crippen MR) is 74.5 cm³/mol. The van der Waals surface area contributed by atoms with Crippen LogP contribution in [-0.4, -0.2) is 20.6 Å². The predicted octanol–water partition coefficient (Wildman–Crippen LogP) is 1.94. The van der Waals surface area contributed by atoms with E-state index in [9.17, 15) is 17.9 Å². The van der Waals surface area contributed by atoms with Crippen molar-refractivity contribution in [2.75, 3.05) is 17.1 Å². The zero-order chi connectivity index (χ0) is 14.9. The van der Waals surface area contributed by atoms with Crippen LogP contribution >= 0.6 is 0 Å². The Morgan fingerprint density at radius 2 is 1.75 bits per heavy atom. The summed E-state index contributed by atoms with van der Waals surface area (Å²) in [5.41, 5.74) is 5.39. The number of halogens is 1. The number of benzene rings is 2. The highest BCUT2D eigenvalue weighted by atomic mass is 32.2. The van der Waals surface area contributed by atoms with Gasteiger partial charge in [0, 0.05) is 7.05 Å². The summed E-state index contributed by atoms with van der Waals surface area (Å²) in [6, 6.07) is 9.19. The van der Waals surface area contributed by atoms with Crippen molar-refractivity contribution in [3.05, 3.63) is 48.3 Å². The van der Waals surface area contributed by atoms with E-state index in [1.807, 2.05) is 0 Å². The average Bonchev–Trinajstić information content (AvgIpc) is 2.41. The number of phenolic OH excluding ortho intramolecular Hbond substituents is 1. The van der Waals surface area contributed by atoms with Gasteiger partial charge in [0.05, 0.1) is 11.4 Å². The largest absolute Gasteiger partial charge is 0.508 e. The van der Waals surface area contributed by atoms with Crippen molar-refractivity contribution in [1.29, 1.82) is 0 Å². The number of para-hydroxylation sites is 1. The van der Waals surface area contributed by atoms with E-state index in [1.165, 1.54) is 43.4 Å². The number of phenols is 1. The molecule has 2 rings (SSSR count). The molecular formula is C13H13FN2O3S. The van der Waals surface area contributed by atoms with Gasteiger partial charge in [0.15, 0.2) is 0 Å². The van der Waals surface area contributed by atoms with Gasteiger partial charge in [-0.1, -0.05) is 6.07 Å². The third-order valence-electron chi connectivity index (χ3n) is 2.86. The Morgan fingerprint density at radius 1 is 1.15 bits per heavy atom. The molecule has 0 heterocycles.